The molecule has 140 valence electrons. The normalized spacial score (nSPS) is 20.7. The fourth-order valence-corrected chi connectivity index (χ4v) is 4.79. The molecule has 1 saturated heterocycles. The molecule has 4 heterocycles. The quantitative estimate of drug-likeness (QED) is 0.874. The zero-order chi connectivity index (χ0) is 17.9. The van der Waals surface area contributed by atoms with Gasteiger partial charge in [-0.25, -0.2) is 0 Å². The summed E-state index contributed by atoms with van der Waals surface area (Å²) in [6.07, 6.45) is 3.93. The van der Waals surface area contributed by atoms with Crippen LogP contribution in [0.1, 0.15) is 53.4 Å². The summed E-state index contributed by atoms with van der Waals surface area (Å²) in [4.78, 5) is 16.3. The molecule has 0 radical (unpaired) electrons. The molecular formula is C19H26N4O2S. The Morgan fingerprint density at radius 1 is 1.38 bits per heavy atom. The van der Waals surface area contributed by atoms with E-state index in [1.54, 1.807) is 0 Å². The molecule has 0 bridgehead atoms. The molecule has 6 nitrogen and oxygen atoms in total. The van der Waals surface area contributed by atoms with Crippen molar-refractivity contribution in [2.75, 3.05) is 13.2 Å². The SMILES string of the molecule is CC(=O)NCc1cc2n(n1)CCN(Cc1ccc([C@H]3CCCCO3)s1)C2. The molecule has 26 heavy (non-hydrogen) atoms. The Balaban J connectivity index is 1.35. The summed E-state index contributed by atoms with van der Waals surface area (Å²) in [5.41, 5.74) is 2.16. The molecule has 0 aromatic carbocycles. The Morgan fingerprint density at radius 3 is 3.12 bits per heavy atom. The molecule has 0 aliphatic carbocycles. The van der Waals surface area contributed by atoms with E-state index in [0.717, 1.165) is 44.9 Å². The smallest absolute Gasteiger partial charge is 0.217 e. The van der Waals surface area contributed by atoms with E-state index in [4.69, 9.17) is 4.74 Å². The van der Waals surface area contributed by atoms with Gasteiger partial charge in [0, 0.05) is 42.9 Å². The summed E-state index contributed by atoms with van der Waals surface area (Å²) in [6, 6.07) is 6.61. The lowest BCUT2D eigenvalue weighted by Crippen LogP contribution is -2.33. The molecule has 4 rings (SSSR count). The highest BCUT2D eigenvalue weighted by molar-refractivity contribution is 7.12. The molecule has 0 unspecified atom stereocenters. The summed E-state index contributed by atoms with van der Waals surface area (Å²) in [7, 11) is 0. The van der Waals surface area contributed by atoms with Crippen LogP contribution in [0.5, 0.6) is 0 Å². The van der Waals surface area contributed by atoms with Gasteiger partial charge in [0.25, 0.3) is 0 Å². The Bertz CT molecular complexity index is 763. The summed E-state index contributed by atoms with van der Waals surface area (Å²) in [6.45, 7) is 6.72. The van der Waals surface area contributed by atoms with Crippen LogP contribution in [-0.4, -0.2) is 33.7 Å². The summed E-state index contributed by atoms with van der Waals surface area (Å²) >= 11 is 1.89. The van der Waals surface area contributed by atoms with Crippen LogP contribution in [-0.2, 0) is 35.7 Å². The monoisotopic (exact) mass is 374 g/mol. The number of nitrogens with one attached hydrogen (secondary N) is 1. The maximum absolute atomic E-state index is 11.1. The predicted molar refractivity (Wildman–Crippen MR) is 101 cm³/mol. The minimum absolute atomic E-state index is 0.0203. The summed E-state index contributed by atoms with van der Waals surface area (Å²) in [5, 5.41) is 7.41. The highest BCUT2D eigenvalue weighted by atomic mass is 32.1. The van der Waals surface area contributed by atoms with Gasteiger partial charge < -0.3 is 10.1 Å². The number of nitrogens with zero attached hydrogens (tertiary/aromatic N) is 3. The van der Waals surface area contributed by atoms with Gasteiger partial charge in [-0.2, -0.15) is 5.10 Å². The van der Waals surface area contributed by atoms with Crippen molar-refractivity contribution in [1.82, 2.24) is 20.0 Å². The molecule has 2 aliphatic rings. The Hall–Kier alpha value is -1.70. The maximum atomic E-state index is 11.1. The average molecular weight is 375 g/mol. The molecule has 2 aliphatic heterocycles. The molecule has 7 heteroatoms. The van der Waals surface area contributed by atoms with Gasteiger partial charge in [0.15, 0.2) is 0 Å². The van der Waals surface area contributed by atoms with Gasteiger partial charge in [0.1, 0.15) is 0 Å². The topological polar surface area (TPSA) is 59.4 Å². The molecule has 1 amide bonds. The number of amides is 1. The lowest BCUT2D eigenvalue weighted by molar-refractivity contribution is -0.119. The van der Waals surface area contributed by atoms with E-state index >= 15 is 0 Å². The van der Waals surface area contributed by atoms with Gasteiger partial charge in [-0.15, -0.1) is 11.3 Å². The number of thiophene rings is 1. The molecule has 1 fully saturated rings. The van der Waals surface area contributed by atoms with Crippen molar-refractivity contribution in [3.05, 3.63) is 39.3 Å². The van der Waals surface area contributed by atoms with Crippen LogP contribution >= 0.6 is 11.3 Å². The fraction of sp³-hybridized carbons (Fsp3) is 0.579. The number of hydrogen-bond acceptors (Lipinski definition) is 5. The third-order valence-corrected chi connectivity index (χ3v) is 6.17. The van der Waals surface area contributed by atoms with Crippen molar-refractivity contribution in [1.29, 1.82) is 0 Å². The number of hydrogen-bond donors (Lipinski definition) is 1. The third-order valence-electron chi connectivity index (χ3n) is 5.00. The maximum Gasteiger partial charge on any atom is 0.217 e. The van der Waals surface area contributed by atoms with E-state index in [2.05, 4.69) is 38.2 Å². The number of carbonyl (C=O) groups is 1. The van der Waals surface area contributed by atoms with Crippen LogP contribution in [0, 0.1) is 0 Å². The van der Waals surface area contributed by atoms with Crippen molar-refractivity contribution >= 4 is 17.2 Å². The highest BCUT2D eigenvalue weighted by Crippen LogP contribution is 2.33. The van der Waals surface area contributed by atoms with E-state index in [9.17, 15) is 4.79 Å². The molecule has 1 atom stereocenters. The molecule has 0 spiro atoms. The molecule has 2 aromatic rings. The molecule has 1 N–H and O–H groups in total. The minimum Gasteiger partial charge on any atom is -0.373 e. The fourth-order valence-electron chi connectivity index (χ4n) is 3.65. The molecule has 2 aromatic heterocycles. The predicted octanol–water partition coefficient (Wildman–Crippen LogP) is 2.84. The minimum atomic E-state index is -0.0203. The van der Waals surface area contributed by atoms with Crippen molar-refractivity contribution in [3.63, 3.8) is 0 Å². The first kappa shape index (κ1) is 17.7. The van der Waals surface area contributed by atoms with Crippen LogP contribution in [0.15, 0.2) is 18.2 Å². The summed E-state index contributed by atoms with van der Waals surface area (Å²) < 4.78 is 7.98. The third kappa shape index (κ3) is 4.16. The van der Waals surface area contributed by atoms with Crippen LogP contribution < -0.4 is 5.32 Å². The van der Waals surface area contributed by atoms with E-state index in [1.165, 1.54) is 35.2 Å². The Kier molecular flexibility index (Phi) is 5.38. The number of aromatic nitrogens is 2. The summed E-state index contributed by atoms with van der Waals surface area (Å²) in [5.74, 6) is -0.0203. The van der Waals surface area contributed by atoms with E-state index in [-0.39, 0.29) is 5.91 Å². The second-order valence-electron chi connectivity index (χ2n) is 7.13. The van der Waals surface area contributed by atoms with Gasteiger partial charge in [-0.05, 0) is 37.5 Å². The van der Waals surface area contributed by atoms with Gasteiger partial charge in [-0.3, -0.25) is 14.4 Å². The van der Waals surface area contributed by atoms with Crippen molar-refractivity contribution in [2.24, 2.45) is 0 Å². The van der Waals surface area contributed by atoms with Crippen LogP contribution in [0.2, 0.25) is 0 Å². The van der Waals surface area contributed by atoms with Gasteiger partial charge >= 0.3 is 0 Å². The number of rotatable bonds is 5. The van der Waals surface area contributed by atoms with E-state index in [1.807, 2.05) is 11.3 Å². The largest absolute Gasteiger partial charge is 0.373 e. The molecule has 0 saturated carbocycles. The number of fused-ring (bicyclic) bond motifs is 1. The Labute approximate surface area is 158 Å². The van der Waals surface area contributed by atoms with E-state index < -0.39 is 0 Å². The van der Waals surface area contributed by atoms with Crippen LogP contribution in [0.4, 0.5) is 0 Å². The lowest BCUT2D eigenvalue weighted by atomic mass is 10.1. The van der Waals surface area contributed by atoms with Gasteiger partial charge in [0.2, 0.25) is 5.91 Å². The average Bonchev–Trinajstić information content (AvgIpc) is 3.27. The van der Waals surface area contributed by atoms with Crippen LogP contribution in [0.3, 0.4) is 0 Å². The number of ether oxygens (including phenoxy) is 1. The zero-order valence-electron chi connectivity index (χ0n) is 15.2. The number of carbonyl (C=O) groups excluding carboxylic acids is 1. The van der Waals surface area contributed by atoms with Crippen molar-refractivity contribution < 1.29 is 9.53 Å². The second-order valence-corrected chi connectivity index (χ2v) is 8.33. The first-order valence-electron chi connectivity index (χ1n) is 9.40. The highest BCUT2D eigenvalue weighted by Gasteiger charge is 2.21. The van der Waals surface area contributed by atoms with Crippen molar-refractivity contribution in [2.45, 2.75) is 58.5 Å². The first-order valence-corrected chi connectivity index (χ1v) is 10.2. The van der Waals surface area contributed by atoms with Gasteiger partial charge in [-0.1, -0.05) is 0 Å². The van der Waals surface area contributed by atoms with Crippen LogP contribution in [0.25, 0.3) is 0 Å². The molecular weight excluding hydrogens is 348 g/mol. The first-order chi connectivity index (χ1) is 12.7. The van der Waals surface area contributed by atoms with E-state index in [0.29, 0.717) is 12.6 Å². The second kappa shape index (κ2) is 7.90. The lowest BCUT2D eigenvalue weighted by Gasteiger charge is -2.27. The van der Waals surface area contributed by atoms with Crippen molar-refractivity contribution in [3.8, 4) is 0 Å². The van der Waals surface area contributed by atoms with Gasteiger partial charge in [0.05, 0.1) is 30.6 Å². The zero-order valence-corrected chi connectivity index (χ0v) is 16.1. The standard InChI is InChI=1S/C19H26N4O2S/c1-14(24)20-11-15-10-16-12-22(7-8-23(16)21-15)13-17-5-6-19(26-17)18-4-2-3-9-25-18/h5-6,10,18H,2-4,7-9,11-13H2,1H3,(H,20,24)/t18-/m1/s1. The Morgan fingerprint density at radius 2 is 2.31 bits per heavy atom.